The van der Waals surface area contributed by atoms with Crippen LogP contribution in [-0.2, 0) is 4.79 Å². The van der Waals surface area contributed by atoms with Gasteiger partial charge in [-0.25, -0.2) is 0 Å². The molecule has 2 heterocycles. The molecule has 0 bridgehead atoms. The van der Waals surface area contributed by atoms with Gasteiger partial charge in [0.25, 0.3) is 5.91 Å². The van der Waals surface area contributed by atoms with E-state index in [-0.39, 0.29) is 17.7 Å². The van der Waals surface area contributed by atoms with E-state index < -0.39 is 0 Å². The third kappa shape index (κ3) is 4.61. The van der Waals surface area contributed by atoms with Crippen molar-refractivity contribution >= 4 is 17.9 Å². The summed E-state index contributed by atoms with van der Waals surface area (Å²) in [6, 6.07) is 7.21. The smallest absolute Gasteiger partial charge is 0.253 e. The van der Waals surface area contributed by atoms with Crippen LogP contribution in [0.3, 0.4) is 0 Å². The Bertz CT molecular complexity index is 831. The lowest BCUT2D eigenvalue weighted by Crippen LogP contribution is -2.36. The number of likely N-dealkylation sites (tertiary alicyclic amines) is 1. The van der Waals surface area contributed by atoms with Crippen molar-refractivity contribution in [3.63, 3.8) is 0 Å². The van der Waals surface area contributed by atoms with Gasteiger partial charge in [0.1, 0.15) is 0 Å². The Morgan fingerprint density at radius 3 is 2.37 bits per heavy atom. The Morgan fingerprint density at radius 1 is 1.15 bits per heavy atom. The second-order valence-corrected chi connectivity index (χ2v) is 6.91. The molecule has 2 amide bonds. The van der Waals surface area contributed by atoms with Gasteiger partial charge in [-0.05, 0) is 36.6 Å². The number of hydrogen-bond donors (Lipinski definition) is 0. The average Bonchev–Trinajstić information content (AvgIpc) is 3.12. The quantitative estimate of drug-likeness (QED) is 0.775. The second-order valence-electron chi connectivity index (χ2n) is 6.91. The molecule has 7 nitrogen and oxygen atoms in total. The van der Waals surface area contributed by atoms with E-state index in [2.05, 4.69) is 10.2 Å². The van der Waals surface area contributed by atoms with Crippen LogP contribution in [0.15, 0.2) is 34.8 Å². The molecule has 1 aromatic carbocycles. The Labute approximate surface area is 158 Å². The van der Waals surface area contributed by atoms with Crippen molar-refractivity contribution in [2.75, 3.05) is 27.2 Å². The van der Waals surface area contributed by atoms with E-state index in [1.54, 1.807) is 45.3 Å². The molecule has 0 radical (unpaired) electrons. The molecule has 0 saturated carbocycles. The summed E-state index contributed by atoms with van der Waals surface area (Å²) in [7, 11) is 3.44. The lowest BCUT2D eigenvalue weighted by molar-refractivity contribution is -0.127. The minimum absolute atomic E-state index is 0.0106. The van der Waals surface area contributed by atoms with E-state index in [9.17, 15) is 9.59 Å². The zero-order valence-electron chi connectivity index (χ0n) is 15.9. The first-order valence-electron chi connectivity index (χ1n) is 9.03. The van der Waals surface area contributed by atoms with Crippen molar-refractivity contribution in [2.45, 2.75) is 25.7 Å². The van der Waals surface area contributed by atoms with E-state index in [0.717, 1.165) is 18.4 Å². The largest absolute Gasteiger partial charge is 0.425 e. The van der Waals surface area contributed by atoms with Crippen LogP contribution < -0.4 is 0 Å². The van der Waals surface area contributed by atoms with E-state index >= 15 is 0 Å². The van der Waals surface area contributed by atoms with Crippen LogP contribution in [0.1, 0.15) is 46.5 Å². The number of aryl methyl sites for hydroxylation is 1. The molecule has 1 aliphatic rings. The molecule has 1 aromatic heterocycles. The molecule has 0 atom stereocenters. The van der Waals surface area contributed by atoms with Crippen molar-refractivity contribution in [2.24, 2.45) is 0 Å². The van der Waals surface area contributed by atoms with E-state index in [1.807, 2.05) is 17.0 Å². The van der Waals surface area contributed by atoms with E-state index in [0.29, 0.717) is 30.4 Å². The Morgan fingerprint density at radius 2 is 1.81 bits per heavy atom. The summed E-state index contributed by atoms with van der Waals surface area (Å²) in [6.45, 7) is 3.12. The van der Waals surface area contributed by atoms with E-state index in [1.165, 1.54) is 4.90 Å². The van der Waals surface area contributed by atoms with Gasteiger partial charge >= 0.3 is 0 Å². The van der Waals surface area contributed by atoms with Crippen LogP contribution in [-0.4, -0.2) is 59.0 Å². The summed E-state index contributed by atoms with van der Waals surface area (Å²) in [5.41, 5.74) is 1.51. The number of hydrogen-bond acceptors (Lipinski definition) is 5. The highest BCUT2D eigenvalue weighted by Crippen LogP contribution is 2.27. The molecular weight excluding hydrogens is 344 g/mol. The maximum absolute atomic E-state index is 12.4. The standard InChI is InChI=1S/C20H24N4O3/c1-14-21-22-19(27-14)16-10-12-24(13-11-16)18(25)9-6-15-4-7-17(8-5-15)20(26)23(2)3/h4-9,16H,10-13H2,1-3H3/b9-6+. The Balaban J connectivity index is 1.54. The minimum Gasteiger partial charge on any atom is -0.425 e. The van der Waals surface area contributed by atoms with Gasteiger partial charge in [0.05, 0.1) is 0 Å². The number of rotatable bonds is 4. The number of aromatic nitrogens is 2. The predicted octanol–water partition coefficient (Wildman–Crippen LogP) is 2.50. The molecule has 7 heteroatoms. The summed E-state index contributed by atoms with van der Waals surface area (Å²) < 4.78 is 5.50. The highest BCUT2D eigenvalue weighted by molar-refractivity contribution is 5.94. The van der Waals surface area contributed by atoms with Crippen LogP contribution in [0.25, 0.3) is 6.08 Å². The first-order valence-corrected chi connectivity index (χ1v) is 9.03. The predicted molar refractivity (Wildman–Crippen MR) is 101 cm³/mol. The Kier molecular flexibility index (Phi) is 5.69. The van der Waals surface area contributed by atoms with Gasteiger partial charge in [0.15, 0.2) is 0 Å². The number of carbonyl (C=O) groups excluding carboxylic acids is 2. The lowest BCUT2D eigenvalue weighted by atomic mass is 9.97. The van der Waals surface area contributed by atoms with Gasteiger partial charge in [-0.2, -0.15) is 0 Å². The van der Waals surface area contributed by atoms with Crippen molar-refractivity contribution in [3.8, 4) is 0 Å². The molecule has 27 heavy (non-hydrogen) atoms. The van der Waals surface area contributed by atoms with Crippen LogP contribution in [0.4, 0.5) is 0 Å². The fraction of sp³-hybridized carbons (Fsp3) is 0.400. The zero-order chi connectivity index (χ0) is 19.4. The first kappa shape index (κ1) is 18.8. The van der Waals surface area contributed by atoms with Crippen LogP contribution >= 0.6 is 0 Å². The summed E-state index contributed by atoms with van der Waals surface area (Å²) >= 11 is 0. The van der Waals surface area contributed by atoms with Gasteiger partial charge in [-0.15, -0.1) is 10.2 Å². The number of benzene rings is 1. The van der Waals surface area contributed by atoms with Crippen LogP contribution in [0.5, 0.6) is 0 Å². The maximum Gasteiger partial charge on any atom is 0.253 e. The summed E-state index contributed by atoms with van der Waals surface area (Å²) in [4.78, 5) is 27.7. The lowest BCUT2D eigenvalue weighted by Gasteiger charge is -2.29. The van der Waals surface area contributed by atoms with Gasteiger partial charge in [0, 0.05) is 51.7 Å². The van der Waals surface area contributed by atoms with Crippen LogP contribution in [0.2, 0.25) is 0 Å². The second kappa shape index (κ2) is 8.16. The summed E-state index contributed by atoms with van der Waals surface area (Å²) in [6.07, 6.45) is 5.00. The van der Waals surface area contributed by atoms with Crippen molar-refractivity contribution in [1.29, 1.82) is 0 Å². The van der Waals surface area contributed by atoms with Crippen molar-refractivity contribution < 1.29 is 14.0 Å². The minimum atomic E-state index is -0.0408. The van der Waals surface area contributed by atoms with E-state index in [4.69, 9.17) is 4.42 Å². The monoisotopic (exact) mass is 368 g/mol. The van der Waals surface area contributed by atoms with Gasteiger partial charge < -0.3 is 14.2 Å². The first-order chi connectivity index (χ1) is 12.9. The zero-order valence-corrected chi connectivity index (χ0v) is 15.9. The number of nitrogens with zero attached hydrogens (tertiary/aromatic N) is 4. The molecule has 1 aliphatic heterocycles. The van der Waals surface area contributed by atoms with Crippen molar-refractivity contribution in [1.82, 2.24) is 20.0 Å². The molecule has 1 saturated heterocycles. The van der Waals surface area contributed by atoms with Gasteiger partial charge in [0.2, 0.25) is 17.7 Å². The molecule has 0 aliphatic carbocycles. The Hall–Kier alpha value is -2.96. The normalized spacial score (nSPS) is 15.3. The maximum atomic E-state index is 12.4. The SMILES string of the molecule is Cc1nnc(C2CCN(C(=O)/C=C/c3ccc(C(=O)N(C)C)cc3)CC2)o1. The highest BCUT2D eigenvalue weighted by atomic mass is 16.4. The highest BCUT2D eigenvalue weighted by Gasteiger charge is 2.26. The molecule has 0 spiro atoms. The van der Waals surface area contributed by atoms with Crippen molar-refractivity contribution in [3.05, 3.63) is 53.2 Å². The van der Waals surface area contributed by atoms with Gasteiger partial charge in [-0.3, -0.25) is 9.59 Å². The molecule has 2 aromatic rings. The van der Waals surface area contributed by atoms with Gasteiger partial charge in [-0.1, -0.05) is 12.1 Å². The van der Waals surface area contributed by atoms with Crippen LogP contribution in [0, 0.1) is 6.92 Å². The number of amides is 2. The summed E-state index contributed by atoms with van der Waals surface area (Å²) in [5.74, 6) is 1.41. The molecule has 0 unspecified atom stereocenters. The fourth-order valence-corrected chi connectivity index (χ4v) is 3.09. The number of piperidine rings is 1. The average molecular weight is 368 g/mol. The summed E-state index contributed by atoms with van der Waals surface area (Å²) in [5, 5.41) is 7.96. The molecule has 1 fully saturated rings. The third-order valence-electron chi connectivity index (χ3n) is 4.68. The molecule has 142 valence electrons. The topological polar surface area (TPSA) is 79.5 Å². The number of carbonyl (C=O) groups is 2. The molecular formula is C20H24N4O3. The molecule has 3 rings (SSSR count). The fourth-order valence-electron chi connectivity index (χ4n) is 3.09. The molecule has 0 N–H and O–H groups in total. The third-order valence-corrected chi connectivity index (χ3v) is 4.68.